The van der Waals surface area contributed by atoms with Gasteiger partial charge in [0.05, 0.1) is 6.10 Å². The lowest BCUT2D eigenvalue weighted by Gasteiger charge is -2.11. The monoisotopic (exact) mass is 216 g/mol. The third kappa shape index (κ3) is 2.47. The van der Waals surface area contributed by atoms with Crippen LogP contribution in [0, 0.1) is 5.82 Å². The van der Waals surface area contributed by atoms with E-state index >= 15 is 0 Å². The average molecular weight is 216 g/mol. The zero-order valence-corrected chi connectivity index (χ0v) is 8.81. The molecule has 2 aromatic rings. The van der Waals surface area contributed by atoms with Crippen molar-refractivity contribution in [2.45, 2.75) is 12.5 Å². The number of aliphatic hydroxyl groups is 1. The van der Waals surface area contributed by atoms with Crippen molar-refractivity contribution in [3.63, 3.8) is 0 Å². The number of halogens is 1. The molecule has 2 rings (SSSR count). The normalized spacial score (nSPS) is 12.4. The summed E-state index contributed by atoms with van der Waals surface area (Å²) in [6, 6.07) is 15.8. The van der Waals surface area contributed by atoms with Gasteiger partial charge in [-0.3, -0.25) is 0 Å². The molecular weight excluding hydrogens is 203 g/mol. The maximum absolute atomic E-state index is 13.4. The summed E-state index contributed by atoms with van der Waals surface area (Å²) < 4.78 is 13.4. The Kier molecular flexibility index (Phi) is 3.32. The standard InChI is InChI=1S/C14H13FO/c15-13-9-5-4-8-12(13)10-14(16)11-6-2-1-3-7-11/h1-9,14,16H,10H2. The van der Waals surface area contributed by atoms with E-state index in [9.17, 15) is 9.50 Å². The molecule has 16 heavy (non-hydrogen) atoms. The van der Waals surface area contributed by atoms with Crippen molar-refractivity contribution in [1.29, 1.82) is 0 Å². The van der Waals surface area contributed by atoms with Crippen molar-refractivity contribution < 1.29 is 9.50 Å². The molecule has 0 saturated carbocycles. The van der Waals surface area contributed by atoms with Crippen LogP contribution in [0.2, 0.25) is 0 Å². The molecular formula is C14H13FO. The van der Waals surface area contributed by atoms with Crippen LogP contribution in [0.3, 0.4) is 0 Å². The van der Waals surface area contributed by atoms with Crippen LogP contribution < -0.4 is 0 Å². The van der Waals surface area contributed by atoms with Gasteiger partial charge in [-0.2, -0.15) is 0 Å². The highest BCUT2D eigenvalue weighted by atomic mass is 19.1. The van der Waals surface area contributed by atoms with Gasteiger partial charge in [-0.05, 0) is 17.2 Å². The average Bonchev–Trinajstić information content (AvgIpc) is 2.33. The molecule has 0 heterocycles. The van der Waals surface area contributed by atoms with Crippen molar-refractivity contribution in [3.8, 4) is 0 Å². The molecule has 0 aliphatic rings. The smallest absolute Gasteiger partial charge is 0.126 e. The lowest BCUT2D eigenvalue weighted by Crippen LogP contribution is -2.03. The first kappa shape index (κ1) is 10.8. The lowest BCUT2D eigenvalue weighted by molar-refractivity contribution is 0.177. The van der Waals surface area contributed by atoms with Crippen LogP contribution in [0.15, 0.2) is 54.6 Å². The predicted octanol–water partition coefficient (Wildman–Crippen LogP) is 3.10. The van der Waals surface area contributed by atoms with E-state index in [1.807, 2.05) is 30.3 Å². The van der Waals surface area contributed by atoms with Crippen LogP contribution in [-0.2, 0) is 6.42 Å². The first-order valence-corrected chi connectivity index (χ1v) is 5.24. The van der Waals surface area contributed by atoms with Crippen molar-refractivity contribution in [1.82, 2.24) is 0 Å². The van der Waals surface area contributed by atoms with Gasteiger partial charge in [0.1, 0.15) is 5.82 Å². The molecule has 1 unspecified atom stereocenters. The summed E-state index contributed by atoms with van der Waals surface area (Å²) in [5, 5.41) is 9.93. The Hall–Kier alpha value is -1.67. The maximum Gasteiger partial charge on any atom is 0.126 e. The molecule has 82 valence electrons. The summed E-state index contributed by atoms with van der Waals surface area (Å²) in [5.41, 5.74) is 1.35. The van der Waals surface area contributed by atoms with Crippen molar-refractivity contribution in [2.24, 2.45) is 0 Å². The second-order valence-corrected chi connectivity index (χ2v) is 3.72. The predicted molar refractivity (Wildman–Crippen MR) is 61.5 cm³/mol. The van der Waals surface area contributed by atoms with Crippen molar-refractivity contribution >= 4 is 0 Å². The number of aliphatic hydroxyl groups excluding tert-OH is 1. The molecule has 1 nitrogen and oxygen atoms in total. The Balaban J connectivity index is 2.14. The lowest BCUT2D eigenvalue weighted by atomic mass is 10.0. The number of hydrogen-bond donors (Lipinski definition) is 1. The van der Waals surface area contributed by atoms with Crippen LogP contribution >= 0.6 is 0 Å². The zero-order chi connectivity index (χ0) is 11.4. The van der Waals surface area contributed by atoms with E-state index in [1.54, 1.807) is 18.2 Å². The molecule has 0 radical (unpaired) electrons. The van der Waals surface area contributed by atoms with Gasteiger partial charge in [0.25, 0.3) is 0 Å². The second kappa shape index (κ2) is 4.90. The fraction of sp³-hybridized carbons (Fsp3) is 0.143. The molecule has 2 heteroatoms. The van der Waals surface area contributed by atoms with Crippen LogP contribution in [0.25, 0.3) is 0 Å². The molecule has 0 aliphatic carbocycles. The first-order valence-electron chi connectivity index (χ1n) is 5.24. The highest BCUT2D eigenvalue weighted by molar-refractivity contribution is 5.23. The largest absolute Gasteiger partial charge is 0.388 e. The first-order chi connectivity index (χ1) is 7.77. The number of hydrogen-bond acceptors (Lipinski definition) is 1. The Morgan fingerprint density at radius 2 is 1.56 bits per heavy atom. The fourth-order valence-corrected chi connectivity index (χ4v) is 1.67. The van der Waals surface area contributed by atoms with E-state index in [-0.39, 0.29) is 5.82 Å². The van der Waals surface area contributed by atoms with Gasteiger partial charge in [-0.15, -0.1) is 0 Å². The minimum atomic E-state index is -0.655. The van der Waals surface area contributed by atoms with Crippen LogP contribution in [0.4, 0.5) is 4.39 Å². The maximum atomic E-state index is 13.4. The van der Waals surface area contributed by atoms with Gasteiger partial charge in [0, 0.05) is 6.42 Å². The quantitative estimate of drug-likeness (QED) is 0.835. The Morgan fingerprint density at radius 1 is 0.938 bits per heavy atom. The SMILES string of the molecule is OC(Cc1ccccc1F)c1ccccc1. The molecule has 2 aromatic carbocycles. The summed E-state index contributed by atoms with van der Waals surface area (Å²) in [5.74, 6) is -0.266. The fourth-order valence-electron chi connectivity index (χ4n) is 1.67. The van der Waals surface area contributed by atoms with E-state index in [4.69, 9.17) is 0 Å². The van der Waals surface area contributed by atoms with Gasteiger partial charge in [0.15, 0.2) is 0 Å². The van der Waals surface area contributed by atoms with Crippen LogP contribution in [0.5, 0.6) is 0 Å². The van der Waals surface area contributed by atoms with E-state index in [0.717, 1.165) is 5.56 Å². The Bertz CT molecular complexity index is 453. The Labute approximate surface area is 94.2 Å². The molecule has 0 aromatic heterocycles. The molecule has 1 N–H and O–H groups in total. The number of benzene rings is 2. The van der Waals surface area contributed by atoms with Crippen molar-refractivity contribution in [3.05, 3.63) is 71.5 Å². The molecule has 0 aliphatic heterocycles. The van der Waals surface area contributed by atoms with Gasteiger partial charge in [0.2, 0.25) is 0 Å². The molecule has 0 amide bonds. The summed E-state index contributed by atoms with van der Waals surface area (Å²) in [4.78, 5) is 0. The van der Waals surface area contributed by atoms with Gasteiger partial charge >= 0.3 is 0 Å². The second-order valence-electron chi connectivity index (χ2n) is 3.72. The van der Waals surface area contributed by atoms with E-state index < -0.39 is 6.10 Å². The summed E-state index contributed by atoms with van der Waals surface area (Å²) in [6.07, 6.45) is -0.352. The third-order valence-corrected chi connectivity index (χ3v) is 2.56. The molecule has 1 atom stereocenters. The summed E-state index contributed by atoms with van der Waals surface area (Å²) in [6.45, 7) is 0. The Morgan fingerprint density at radius 3 is 2.25 bits per heavy atom. The third-order valence-electron chi connectivity index (χ3n) is 2.56. The van der Waals surface area contributed by atoms with E-state index in [0.29, 0.717) is 12.0 Å². The van der Waals surface area contributed by atoms with Gasteiger partial charge in [-0.1, -0.05) is 48.5 Å². The molecule has 0 spiro atoms. The topological polar surface area (TPSA) is 20.2 Å². The van der Waals surface area contributed by atoms with E-state index in [1.165, 1.54) is 6.07 Å². The number of rotatable bonds is 3. The minimum absolute atomic E-state index is 0.266. The van der Waals surface area contributed by atoms with Gasteiger partial charge in [-0.25, -0.2) is 4.39 Å². The summed E-state index contributed by atoms with van der Waals surface area (Å²) >= 11 is 0. The molecule has 0 bridgehead atoms. The zero-order valence-electron chi connectivity index (χ0n) is 8.81. The minimum Gasteiger partial charge on any atom is -0.388 e. The van der Waals surface area contributed by atoms with E-state index in [2.05, 4.69) is 0 Å². The van der Waals surface area contributed by atoms with Gasteiger partial charge < -0.3 is 5.11 Å². The highest BCUT2D eigenvalue weighted by Crippen LogP contribution is 2.19. The van der Waals surface area contributed by atoms with Crippen LogP contribution in [0.1, 0.15) is 17.2 Å². The van der Waals surface area contributed by atoms with Crippen molar-refractivity contribution in [2.75, 3.05) is 0 Å². The highest BCUT2D eigenvalue weighted by Gasteiger charge is 2.10. The molecule has 0 saturated heterocycles. The van der Waals surface area contributed by atoms with Crippen LogP contribution in [-0.4, -0.2) is 5.11 Å². The summed E-state index contributed by atoms with van der Waals surface area (Å²) in [7, 11) is 0. The molecule has 0 fully saturated rings.